The number of thioether (sulfide) groups is 1. The van der Waals surface area contributed by atoms with E-state index in [1.807, 2.05) is 19.1 Å². The summed E-state index contributed by atoms with van der Waals surface area (Å²) in [5, 5.41) is 1.34. The van der Waals surface area contributed by atoms with Gasteiger partial charge in [-0.05, 0) is 47.1 Å². The normalized spacial score (nSPS) is 13.7. The van der Waals surface area contributed by atoms with Crippen LogP contribution in [0, 0.1) is 5.82 Å². The molecule has 2 aromatic rings. The van der Waals surface area contributed by atoms with Crippen LogP contribution in [0.15, 0.2) is 39.8 Å². The molecule has 1 heterocycles. The van der Waals surface area contributed by atoms with Crippen molar-refractivity contribution in [3.8, 4) is 11.5 Å². The fourth-order valence-corrected chi connectivity index (χ4v) is 4.01. The molecule has 0 radical (unpaired) electrons. The van der Waals surface area contributed by atoms with Crippen LogP contribution in [0.1, 0.15) is 18.1 Å². The van der Waals surface area contributed by atoms with Crippen molar-refractivity contribution in [1.29, 1.82) is 0 Å². The molecule has 1 aliphatic heterocycles. The lowest BCUT2D eigenvalue weighted by molar-refractivity contribution is 0.267. The Morgan fingerprint density at radius 1 is 1.28 bits per heavy atom. The quantitative estimate of drug-likeness (QED) is 0.571. The summed E-state index contributed by atoms with van der Waals surface area (Å²) in [5.74, 6) is 1.86. The molecule has 0 N–H and O–H groups in total. The van der Waals surface area contributed by atoms with E-state index in [4.69, 9.17) is 21.1 Å². The summed E-state index contributed by atoms with van der Waals surface area (Å²) in [6.07, 6.45) is 0. The summed E-state index contributed by atoms with van der Waals surface area (Å²) in [6.45, 7) is 3.49. The number of hydrogen-bond donors (Lipinski definition) is 0. The van der Waals surface area contributed by atoms with Crippen molar-refractivity contribution in [3.63, 3.8) is 0 Å². The molecule has 0 aliphatic carbocycles. The second kappa shape index (κ2) is 8.43. The number of ether oxygens (including phenoxy) is 2. The highest BCUT2D eigenvalue weighted by molar-refractivity contribution is 9.10. The molecule has 0 spiro atoms. The van der Waals surface area contributed by atoms with Gasteiger partial charge in [0.1, 0.15) is 12.4 Å². The van der Waals surface area contributed by atoms with Gasteiger partial charge in [-0.25, -0.2) is 4.39 Å². The van der Waals surface area contributed by atoms with Gasteiger partial charge in [-0.3, -0.25) is 4.99 Å². The molecule has 0 amide bonds. The van der Waals surface area contributed by atoms with E-state index in [9.17, 15) is 4.39 Å². The molecular weight excluding hydrogens is 429 g/mol. The van der Waals surface area contributed by atoms with Gasteiger partial charge in [0.25, 0.3) is 0 Å². The smallest absolute Gasteiger partial charge is 0.175 e. The summed E-state index contributed by atoms with van der Waals surface area (Å²) < 4.78 is 25.6. The van der Waals surface area contributed by atoms with E-state index < -0.39 is 0 Å². The SMILES string of the molecule is CCOc1cc(C2=NCCS2)cc(Br)c1OCc1ccc(F)cc1Cl. The molecule has 3 nitrogen and oxygen atoms in total. The summed E-state index contributed by atoms with van der Waals surface area (Å²) in [5.41, 5.74) is 1.71. The number of aliphatic imine (C=N–C) groups is 1. The Kier molecular flexibility index (Phi) is 6.25. The van der Waals surface area contributed by atoms with Crippen molar-refractivity contribution in [2.45, 2.75) is 13.5 Å². The van der Waals surface area contributed by atoms with Gasteiger partial charge in [0.05, 0.1) is 21.1 Å². The fourth-order valence-electron chi connectivity index (χ4n) is 2.39. The Balaban J connectivity index is 1.86. The van der Waals surface area contributed by atoms with Gasteiger partial charge in [-0.15, -0.1) is 11.8 Å². The predicted octanol–water partition coefficient (Wildman–Crippen LogP) is 5.71. The number of hydrogen-bond acceptors (Lipinski definition) is 4. The zero-order valence-corrected chi connectivity index (χ0v) is 16.7. The first kappa shape index (κ1) is 18.5. The third kappa shape index (κ3) is 4.49. The molecule has 0 atom stereocenters. The largest absolute Gasteiger partial charge is 0.490 e. The molecule has 7 heteroatoms. The Morgan fingerprint density at radius 3 is 2.80 bits per heavy atom. The first-order valence-electron chi connectivity index (χ1n) is 7.79. The van der Waals surface area contributed by atoms with Crippen molar-refractivity contribution < 1.29 is 13.9 Å². The lowest BCUT2D eigenvalue weighted by Gasteiger charge is -2.16. The summed E-state index contributed by atoms with van der Waals surface area (Å²) in [6, 6.07) is 8.16. The molecule has 0 saturated carbocycles. The maximum atomic E-state index is 13.2. The van der Waals surface area contributed by atoms with Gasteiger partial charge < -0.3 is 9.47 Å². The van der Waals surface area contributed by atoms with Gasteiger partial charge >= 0.3 is 0 Å². The Morgan fingerprint density at radius 2 is 2.12 bits per heavy atom. The second-order valence-electron chi connectivity index (χ2n) is 5.28. The lowest BCUT2D eigenvalue weighted by Crippen LogP contribution is -2.03. The number of halogens is 3. The van der Waals surface area contributed by atoms with E-state index in [-0.39, 0.29) is 12.4 Å². The first-order valence-corrected chi connectivity index (χ1v) is 9.95. The van der Waals surface area contributed by atoms with Crippen LogP contribution in [0.5, 0.6) is 11.5 Å². The monoisotopic (exact) mass is 443 g/mol. The molecule has 1 aliphatic rings. The molecule has 0 unspecified atom stereocenters. The van der Waals surface area contributed by atoms with Gasteiger partial charge in [0, 0.05) is 23.4 Å². The van der Waals surface area contributed by atoms with Crippen LogP contribution in [0.3, 0.4) is 0 Å². The second-order valence-corrected chi connectivity index (χ2v) is 7.62. The summed E-state index contributed by atoms with van der Waals surface area (Å²) in [4.78, 5) is 4.50. The number of nitrogens with zero attached hydrogens (tertiary/aromatic N) is 1. The van der Waals surface area contributed by atoms with E-state index in [2.05, 4.69) is 20.9 Å². The number of benzene rings is 2. The first-order chi connectivity index (χ1) is 12.1. The van der Waals surface area contributed by atoms with Crippen LogP contribution in [0.2, 0.25) is 5.02 Å². The van der Waals surface area contributed by atoms with E-state index in [0.717, 1.165) is 27.4 Å². The minimum atomic E-state index is -0.371. The molecule has 25 heavy (non-hydrogen) atoms. The third-order valence-electron chi connectivity index (χ3n) is 3.53. The van der Waals surface area contributed by atoms with Crippen LogP contribution in [0.25, 0.3) is 0 Å². The predicted molar refractivity (Wildman–Crippen MR) is 105 cm³/mol. The van der Waals surface area contributed by atoms with Crippen molar-refractivity contribution in [3.05, 3.63) is 56.8 Å². The molecule has 3 rings (SSSR count). The van der Waals surface area contributed by atoms with Crippen LogP contribution in [0.4, 0.5) is 4.39 Å². The highest BCUT2D eigenvalue weighted by Gasteiger charge is 2.17. The Hall–Kier alpha value is -1.24. The summed E-state index contributed by atoms with van der Waals surface area (Å²) >= 11 is 11.4. The number of rotatable bonds is 6. The Labute approximate surface area is 163 Å². The van der Waals surface area contributed by atoms with E-state index in [1.165, 1.54) is 12.1 Å². The van der Waals surface area contributed by atoms with Gasteiger partial charge in [-0.2, -0.15) is 0 Å². The minimum Gasteiger partial charge on any atom is -0.490 e. The van der Waals surface area contributed by atoms with Crippen LogP contribution in [-0.2, 0) is 6.61 Å². The molecule has 0 fully saturated rings. The average molecular weight is 445 g/mol. The van der Waals surface area contributed by atoms with Crippen molar-refractivity contribution in [2.24, 2.45) is 4.99 Å². The highest BCUT2D eigenvalue weighted by atomic mass is 79.9. The maximum Gasteiger partial charge on any atom is 0.175 e. The van der Waals surface area contributed by atoms with Crippen molar-refractivity contribution in [2.75, 3.05) is 18.9 Å². The standard InChI is InChI=1S/C18H16BrClFNO2S/c1-2-23-16-8-12(18-22-5-6-25-18)7-14(19)17(16)24-10-11-3-4-13(21)9-15(11)20/h3-4,7-9H,2,5-6,10H2,1H3. The van der Waals surface area contributed by atoms with Crippen LogP contribution in [-0.4, -0.2) is 23.9 Å². The van der Waals surface area contributed by atoms with Crippen LogP contribution >= 0.6 is 39.3 Å². The minimum absolute atomic E-state index is 0.215. The molecule has 0 saturated heterocycles. The van der Waals surface area contributed by atoms with Gasteiger partial charge in [0.15, 0.2) is 11.5 Å². The molecule has 132 valence electrons. The Bertz CT molecular complexity index is 816. The topological polar surface area (TPSA) is 30.8 Å². The van der Waals surface area contributed by atoms with E-state index in [0.29, 0.717) is 28.7 Å². The molecular formula is C18H16BrClFNO2S. The highest BCUT2D eigenvalue weighted by Crippen LogP contribution is 2.39. The zero-order chi connectivity index (χ0) is 17.8. The maximum absolute atomic E-state index is 13.2. The molecule has 2 aromatic carbocycles. The third-order valence-corrected chi connectivity index (χ3v) is 5.49. The average Bonchev–Trinajstić information content (AvgIpc) is 3.10. The fraction of sp³-hybridized carbons (Fsp3) is 0.278. The van der Waals surface area contributed by atoms with Gasteiger partial charge in [0.2, 0.25) is 0 Å². The van der Waals surface area contributed by atoms with Crippen LogP contribution < -0.4 is 9.47 Å². The van der Waals surface area contributed by atoms with E-state index >= 15 is 0 Å². The van der Waals surface area contributed by atoms with Crippen molar-refractivity contribution >= 4 is 44.3 Å². The molecule has 0 bridgehead atoms. The molecule has 0 aromatic heterocycles. The summed E-state index contributed by atoms with van der Waals surface area (Å²) in [7, 11) is 0. The van der Waals surface area contributed by atoms with E-state index in [1.54, 1.807) is 17.8 Å². The van der Waals surface area contributed by atoms with Gasteiger partial charge in [-0.1, -0.05) is 17.7 Å². The lowest BCUT2D eigenvalue weighted by atomic mass is 10.2. The zero-order valence-electron chi connectivity index (χ0n) is 13.5. The van der Waals surface area contributed by atoms with Crippen molar-refractivity contribution in [1.82, 2.24) is 0 Å².